The zero-order valence-electron chi connectivity index (χ0n) is 11.6. The van der Waals surface area contributed by atoms with E-state index >= 15 is 0 Å². The van der Waals surface area contributed by atoms with Crippen molar-refractivity contribution in [3.05, 3.63) is 95.8 Å². The molecule has 0 fully saturated rings. The Morgan fingerprint density at radius 2 is 1.52 bits per heavy atom. The van der Waals surface area contributed by atoms with E-state index < -0.39 is 12.5 Å². The Morgan fingerprint density at radius 1 is 0.905 bits per heavy atom. The Kier molecular flexibility index (Phi) is 3.67. The number of hydrogen-bond donors (Lipinski definition) is 1. The summed E-state index contributed by atoms with van der Waals surface area (Å²) in [6, 6.07) is 18.9. The van der Waals surface area contributed by atoms with Crippen molar-refractivity contribution in [3.8, 4) is 0 Å². The average Bonchev–Trinajstić information content (AvgIpc) is 2.52. The highest BCUT2D eigenvalue weighted by molar-refractivity contribution is 7.67. The van der Waals surface area contributed by atoms with Crippen molar-refractivity contribution in [2.45, 2.75) is 11.5 Å². The quantitative estimate of drug-likeness (QED) is 0.848. The predicted octanol–water partition coefficient (Wildman–Crippen LogP) is 4.48. The Labute approximate surface area is 124 Å². The van der Waals surface area contributed by atoms with Crippen LogP contribution in [-0.2, 0) is 16.1 Å². The van der Waals surface area contributed by atoms with Gasteiger partial charge in [0.25, 0.3) is 0 Å². The number of benzene rings is 2. The summed E-state index contributed by atoms with van der Waals surface area (Å²) < 4.78 is 13.5. The minimum Gasteiger partial charge on any atom is -0.373 e. The molecule has 2 aromatic rings. The van der Waals surface area contributed by atoms with Crippen molar-refractivity contribution in [2.75, 3.05) is 0 Å². The van der Waals surface area contributed by atoms with Crippen molar-refractivity contribution in [3.63, 3.8) is 0 Å². The van der Waals surface area contributed by atoms with Gasteiger partial charge >= 0.3 is 0 Å². The van der Waals surface area contributed by atoms with Crippen LogP contribution in [-0.4, -0.2) is 5.11 Å². The molecule has 2 nitrogen and oxygen atoms in total. The maximum Gasteiger partial charge on any atom is 0.164 e. The Hall–Kier alpha value is -1.89. The van der Waals surface area contributed by atoms with Gasteiger partial charge < -0.3 is 9.67 Å². The molecule has 0 bridgehead atoms. The first-order valence-electron chi connectivity index (χ1n) is 6.92. The molecule has 0 aliphatic carbocycles. The maximum absolute atomic E-state index is 13.5. The van der Waals surface area contributed by atoms with E-state index in [0.29, 0.717) is 11.7 Å². The van der Waals surface area contributed by atoms with Gasteiger partial charge in [0.15, 0.2) is 12.5 Å². The highest BCUT2D eigenvalue weighted by Gasteiger charge is 2.45. The molecule has 21 heavy (non-hydrogen) atoms. The monoisotopic (exact) mass is 296 g/mol. The van der Waals surface area contributed by atoms with Crippen molar-refractivity contribution in [1.29, 1.82) is 0 Å². The summed E-state index contributed by atoms with van der Waals surface area (Å²) in [6.45, 7) is 0. The largest absolute Gasteiger partial charge is 0.373 e. The van der Waals surface area contributed by atoms with E-state index in [0.717, 1.165) is 5.56 Å². The molecular formula is C18H17O2P. The molecular weight excluding hydrogens is 279 g/mol. The topological polar surface area (TPSA) is 37.3 Å². The lowest BCUT2D eigenvalue weighted by Crippen LogP contribution is -2.24. The van der Waals surface area contributed by atoms with Crippen LogP contribution in [0.1, 0.15) is 11.1 Å². The first-order chi connectivity index (χ1) is 10.1. The molecule has 0 saturated heterocycles. The van der Waals surface area contributed by atoms with Gasteiger partial charge in [-0.2, -0.15) is 0 Å². The lowest BCUT2D eigenvalue weighted by atomic mass is 10.1. The molecule has 0 aromatic heterocycles. The first kappa shape index (κ1) is 14.1. The summed E-state index contributed by atoms with van der Waals surface area (Å²) in [6.07, 6.45) is 5.52. The fourth-order valence-electron chi connectivity index (χ4n) is 2.64. The normalized spacial score (nSPS) is 27.7. The molecule has 3 heteroatoms. The Bertz CT molecular complexity index is 719. The third kappa shape index (κ3) is 2.53. The van der Waals surface area contributed by atoms with Gasteiger partial charge in [-0.15, -0.1) is 0 Å². The van der Waals surface area contributed by atoms with Gasteiger partial charge in [-0.1, -0.05) is 72.8 Å². The van der Waals surface area contributed by atoms with Crippen LogP contribution >= 0.6 is 7.14 Å². The summed E-state index contributed by atoms with van der Waals surface area (Å²) in [5.74, 6) is 1.67. The molecule has 1 N–H and O–H groups in total. The molecule has 1 aliphatic heterocycles. The second-order valence-electron chi connectivity index (χ2n) is 5.23. The van der Waals surface area contributed by atoms with E-state index in [4.69, 9.17) is 0 Å². The Morgan fingerprint density at radius 3 is 2.19 bits per heavy atom. The third-order valence-electron chi connectivity index (χ3n) is 3.80. The summed E-state index contributed by atoms with van der Waals surface area (Å²) in [5, 5.41) is 9.69. The smallest absolute Gasteiger partial charge is 0.164 e. The summed E-state index contributed by atoms with van der Waals surface area (Å²) in [4.78, 5) is 0. The van der Waals surface area contributed by atoms with Crippen LogP contribution in [0.5, 0.6) is 0 Å². The molecule has 2 aromatic carbocycles. The SMILES string of the molecule is O=P1(Cc2ccccc2)C=CC=CC1(O)c1ccccc1. The first-order valence-corrected chi connectivity index (χ1v) is 8.88. The van der Waals surface area contributed by atoms with Crippen LogP contribution in [0.3, 0.4) is 0 Å². The van der Waals surface area contributed by atoms with Crippen LogP contribution in [0.4, 0.5) is 0 Å². The standard InChI is InChI=1S/C18H17O2P/c19-18(17-11-5-2-6-12-17)13-7-8-14-21(18,20)15-16-9-3-1-4-10-16/h1-14,19H,15H2. The van der Waals surface area contributed by atoms with Crippen LogP contribution in [0.2, 0.25) is 0 Å². The maximum atomic E-state index is 13.5. The van der Waals surface area contributed by atoms with Crippen LogP contribution in [0.15, 0.2) is 84.7 Å². The van der Waals surface area contributed by atoms with Crippen LogP contribution < -0.4 is 0 Å². The van der Waals surface area contributed by atoms with Crippen molar-refractivity contribution >= 4 is 7.14 Å². The van der Waals surface area contributed by atoms with Crippen molar-refractivity contribution in [2.24, 2.45) is 0 Å². The van der Waals surface area contributed by atoms with E-state index in [2.05, 4.69) is 0 Å². The van der Waals surface area contributed by atoms with Gasteiger partial charge in [-0.25, -0.2) is 0 Å². The summed E-state index contributed by atoms with van der Waals surface area (Å²) in [7, 11) is -2.99. The molecule has 106 valence electrons. The predicted molar refractivity (Wildman–Crippen MR) is 86.4 cm³/mol. The molecule has 0 radical (unpaired) electrons. The number of allylic oxidation sites excluding steroid dienone is 2. The fourth-order valence-corrected chi connectivity index (χ4v) is 5.27. The number of rotatable bonds is 3. The van der Waals surface area contributed by atoms with E-state index in [9.17, 15) is 9.67 Å². The lowest BCUT2D eigenvalue weighted by molar-refractivity contribution is 0.174. The van der Waals surface area contributed by atoms with Gasteiger partial charge in [0, 0.05) is 6.16 Å². The van der Waals surface area contributed by atoms with Crippen molar-refractivity contribution in [1.82, 2.24) is 0 Å². The highest BCUT2D eigenvalue weighted by atomic mass is 31.2. The molecule has 0 saturated carbocycles. The van der Waals surface area contributed by atoms with Crippen molar-refractivity contribution < 1.29 is 9.67 Å². The number of hydrogen-bond acceptors (Lipinski definition) is 2. The number of aliphatic hydroxyl groups is 1. The zero-order chi connectivity index (χ0) is 14.8. The zero-order valence-corrected chi connectivity index (χ0v) is 12.5. The molecule has 1 heterocycles. The van der Waals surface area contributed by atoms with Crippen LogP contribution in [0.25, 0.3) is 0 Å². The highest BCUT2D eigenvalue weighted by Crippen LogP contribution is 2.67. The summed E-state index contributed by atoms with van der Waals surface area (Å²) >= 11 is 0. The second kappa shape index (κ2) is 5.48. The van der Waals surface area contributed by atoms with E-state index in [1.54, 1.807) is 24.0 Å². The fraction of sp³-hybridized carbons (Fsp3) is 0.111. The molecule has 0 amide bonds. The molecule has 0 spiro atoms. The second-order valence-corrected chi connectivity index (χ2v) is 8.12. The van der Waals surface area contributed by atoms with Gasteiger partial charge in [-0.3, -0.25) is 0 Å². The minimum atomic E-state index is -2.99. The average molecular weight is 296 g/mol. The third-order valence-corrected chi connectivity index (χ3v) is 6.85. The molecule has 1 aliphatic rings. The molecule has 2 atom stereocenters. The summed E-state index contributed by atoms with van der Waals surface area (Å²) in [5.41, 5.74) is 1.64. The van der Waals surface area contributed by atoms with Gasteiger partial charge in [0.05, 0.1) is 0 Å². The lowest BCUT2D eigenvalue weighted by Gasteiger charge is -2.34. The Balaban J connectivity index is 2.05. The van der Waals surface area contributed by atoms with Gasteiger partial charge in [0.1, 0.15) is 0 Å². The van der Waals surface area contributed by atoms with E-state index in [-0.39, 0.29) is 0 Å². The van der Waals surface area contributed by atoms with E-state index in [1.165, 1.54) is 0 Å². The minimum absolute atomic E-state index is 0.347. The molecule has 2 unspecified atom stereocenters. The molecule has 3 rings (SSSR count). The van der Waals surface area contributed by atoms with Gasteiger partial charge in [-0.05, 0) is 23.0 Å². The van der Waals surface area contributed by atoms with Gasteiger partial charge in [0.2, 0.25) is 0 Å². The van der Waals surface area contributed by atoms with E-state index in [1.807, 2.05) is 60.7 Å². The van der Waals surface area contributed by atoms with Crippen LogP contribution in [0, 0.1) is 0 Å².